The fourth-order valence-electron chi connectivity index (χ4n) is 2.31. The minimum atomic E-state index is -3.74. The number of rotatable bonds is 3. The van der Waals surface area contributed by atoms with Gasteiger partial charge in [0.25, 0.3) is 0 Å². The van der Waals surface area contributed by atoms with E-state index in [0.29, 0.717) is 34.3 Å². The topological polar surface area (TPSA) is 58.6 Å². The summed E-state index contributed by atoms with van der Waals surface area (Å²) in [6, 6.07) is 12.2. The van der Waals surface area contributed by atoms with Gasteiger partial charge in [-0.05, 0) is 36.8 Å². The molecule has 0 saturated heterocycles. The lowest BCUT2D eigenvalue weighted by atomic mass is 10.2. The van der Waals surface area contributed by atoms with E-state index < -0.39 is 10.2 Å². The fraction of sp³-hybridized carbons (Fsp3) is 0.200. The first-order valence-electron chi connectivity index (χ1n) is 6.76. The van der Waals surface area contributed by atoms with Gasteiger partial charge in [0.1, 0.15) is 12.4 Å². The molecule has 116 valence electrons. The van der Waals surface area contributed by atoms with Gasteiger partial charge in [0.2, 0.25) is 0 Å². The SMILES string of the molecule is Cc1c(Cl)cccc1NS(=O)(=O)N1CCOc2ccccc21. The fourth-order valence-corrected chi connectivity index (χ4v) is 3.81. The lowest BCUT2D eigenvalue weighted by Crippen LogP contribution is -2.41. The lowest BCUT2D eigenvalue weighted by Gasteiger charge is -2.30. The summed E-state index contributed by atoms with van der Waals surface area (Å²) in [5.41, 5.74) is 1.69. The first kappa shape index (κ1) is 15.0. The molecule has 0 aromatic heterocycles. The van der Waals surface area contributed by atoms with Gasteiger partial charge in [0.15, 0.2) is 0 Å². The third kappa shape index (κ3) is 2.71. The number of anilines is 2. The van der Waals surface area contributed by atoms with Crippen molar-refractivity contribution in [2.45, 2.75) is 6.92 Å². The second-order valence-corrected chi connectivity index (χ2v) is 6.91. The highest BCUT2D eigenvalue weighted by Gasteiger charge is 2.28. The molecule has 1 heterocycles. The van der Waals surface area contributed by atoms with Crippen LogP contribution in [0.25, 0.3) is 0 Å². The molecule has 5 nitrogen and oxygen atoms in total. The molecular formula is C15H15ClN2O3S. The Morgan fingerprint density at radius 2 is 1.95 bits per heavy atom. The first-order chi connectivity index (χ1) is 10.5. The van der Waals surface area contributed by atoms with E-state index >= 15 is 0 Å². The Morgan fingerprint density at radius 1 is 1.18 bits per heavy atom. The molecule has 22 heavy (non-hydrogen) atoms. The van der Waals surface area contributed by atoms with Gasteiger partial charge in [0, 0.05) is 5.02 Å². The standard InChI is InChI=1S/C15H15ClN2O3S/c1-11-12(16)5-4-6-13(11)17-22(19,20)18-9-10-21-15-8-3-2-7-14(15)18/h2-8,17H,9-10H2,1H3. The van der Waals surface area contributed by atoms with Gasteiger partial charge in [-0.15, -0.1) is 0 Å². The molecule has 0 fully saturated rings. The molecule has 3 rings (SSSR count). The average Bonchev–Trinajstić information content (AvgIpc) is 2.51. The van der Waals surface area contributed by atoms with Gasteiger partial charge in [-0.3, -0.25) is 4.72 Å². The molecule has 7 heteroatoms. The van der Waals surface area contributed by atoms with Crippen LogP contribution in [0.1, 0.15) is 5.56 Å². The molecule has 2 aromatic rings. The van der Waals surface area contributed by atoms with E-state index in [-0.39, 0.29) is 6.54 Å². The van der Waals surface area contributed by atoms with E-state index in [9.17, 15) is 8.42 Å². The quantitative estimate of drug-likeness (QED) is 0.935. The molecule has 0 aliphatic carbocycles. The van der Waals surface area contributed by atoms with Crippen molar-refractivity contribution in [3.05, 3.63) is 53.1 Å². The molecule has 0 radical (unpaired) electrons. The summed E-state index contributed by atoms with van der Waals surface area (Å²) in [7, 11) is -3.74. The highest BCUT2D eigenvalue weighted by molar-refractivity contribution is 7.94. The van der Waals surface area contributed by atoms with Crippen molar-refractivity contribution in [1.29, 1.82) is 0 Å². The number of nitrogens with zero attached hydrogens (tertiary/aromatic N) is 1. The lowest BCUT2D eigenvalue weighted by molar-refractivity contribution is 0.316. The van der Waals surface area contributed by atoms with E-state index in [2.05, 4.69) is 4.72 Å². The van der Waals surface area contributed by atoms with E-state index in [1.165, 1.54) is 4.31 Å². The maximum absolute atomic E-state index is 12.7. The third-order valence-electron chi connectivity index (χ3n) is 3.48. The van der Waals surface area contributed by atoms with Crippen molar-refractivity contribution in [2.75, 3.05) is 22.2 Å². The molecule has 1 aliphatic rings. The minimum absolute atomic E-state index is 0.256. The van der Waals surface area contributed by atoms with Crippen LogP contribution >= 0.6 is 11.6 Å². The zero-order valence-electron chi connectivity index (χ0n) is 11.9. The van der Waals surface area contributed by atoms with Gasteiger partial charge < -0.3 is 4.74 Å². The van der Waals surface area contributed by atoms with Crippen molar-refractivity contribution in [3.63, 3.8) is 0 Å². The minimum Gasteiger partial charge on any atom is -0.489 e. The summed E-state index contributed by atoms with van der Waals surface area (Å²) in [5, 5.41) is 0.516. The summed E-state index contributed by atoms with van der Waals surface area (Å²) in [6.45, 7) is 2.34. The predicted octanol–water partition coefficient (Wildman–Crippen LogP) is 3.20. The summed E-state index contributed by atoms with van der Waals surface area (Å²) < 4.78 is 34.8. The zero-order chi connectivity index (χ0) is 15.7. The Bertz CT molecular complexity index is 808. The Labute approximate surface area is 134 Å². The van der Waals surface area contributed by atoms with E-state index in [1.54, 1.807) is 43.3 Å². The number of hydrogen-bond acceptors (Lipinski definition) is 3. The number of benzene rings is 2. The Hall–Kier alpha value is -1.92. The molecule has 0 spiro atoms. The van der Waals surface area contributed by atoms with Crippen LogP contribution in [0.5, 0.6) is 5.75 Å². The molecule has 0 atom stereocenters. The molecule has 1 N–H and O–H groups in total. The predicted molar refractivity (Wildman–Crippen MR) is 88.0 cm³/mol. The Morgan fingerprint density at radius 3 is 2.77 bits per heavy atom. The Kier molecular flexibility index (Phi) is 3.88. The normalized spacial score (nSPS) is 14.2. The van der Waals surface area contributed by atoms with Crippen molar-refractivity contribution < 1.29 is 13.2 Å². The van der Waals surface area contributed by atoms with Gasteiger partial charge in [-0.1, -0.05) is 29.8 Å². The van der Waals surface area contributed by atoms with Crippen LogP contribution in [-0.4, -0.2) is 21.6 Å². The van der Waals surface area contributed by atoms with Crippen molar-refractivity contribution in [1.82, 2.24) is 0 Å². The number of halogens is 1. The number of para-hydroxylation sites is 2. The van der Waals surface area contributed by atoms with E-state index in [0.717, 1.165) is 0 Å². The summed E-state index contributed by atoms with van der Waals surface area (Å²) >= 11 is 6.04. The number of ether oxygens (including phenoxy) is 1. The third-order valence-corrected chi connectivity index (χ3v) is 5.33. The van der Waals surface area contributed by atoms with E-state index in [1.807, 2.05) is 6.07 Å². The van der Waals surface area contributed by atoms with Crippen LogP contribution in [-0.2, 0) is 10.2 Å². The van der Waals surface area contributed by atoms with Crippen LogP contribution in [0.2, 0.25) is 5.02 Å². The van der Waals surface area contributed by atoms with Gasteiger partial charge in [-0.25, -0.2) is 4.31 Å². The first-order valence-corrected chi connectivity index (χ1v) is 8.58. The molecule has 0 saturated carbocycles. The van der Waals surface area contributed by atoms with Gasteiger partial charge in [-0.2, -0.15) is 8.42 Å². The smallest absolute Gasteiger partial charge is 0.324 e. The highest BCUT2D eigenvalue weighted by atomic mass is 35.5. The molecule has 0 amide bonds. The molecule has 0 unspecified atom stereocenters. The van der Waals surface area contributed by atoms with Gasteiger partial charge >= 0.3 is 10.2 Å². The zero-order valence-corrected chi connectivity index (χ0v) is 13.5. The molecule has 1 aliphatic heterocycles. The second kappa shape index (κ2) is 5.70. The maximum atomic E-state index is 12.7. The van der Waals surface area contributed by atoms with Crippen molar-refractivity contribution in [3.8, 4) is 5.75 Å². The molecule has 0 bridgehead atoms. The van der Waals surface area contributed by atoms with Crippen molar-refractivity contribution in [2.24, 2.45) is 0 Å². The molecule has 2 aromatic carbocycles. The van der Waals surface area contributed by atoms with Crippen LogP contribution in [0.3, 0.4) is 0 Å². The van der Waals surface area contributed by atoms with E-state index in [4.69, 9.17) is 16.3 Å². The average molecular weight is 339 g/mol. The number of nitrogens with one attached hydrogen (secondary N) is 1. The second-order valence-electron chi connectivity index (χ2n) is 4.91. The van der Waals surface area contributed by atoms with Crippen LogP contribution in [0.4, 0.5) is 11.4 Å². The maximum Gasteiger partial charge on any atom is 0.324 e. The monoisotopic (exact) mass is 338 g/mol. The largest absolute Gasteiger partial charge is 0.489 e. The van der Waals surface area contributed by atoms with Gasteiger partial charge in [0.05, 0.1) is 17.9 Å². The van der Waals surface area contributed by atoms with Crippen LogP contribution in [0, 0.1) is 6.92 Å². The number of fused-ring (bicyclic) bond motifs is 1. The summed E-state index contributed by atoms with van der Waals surface area (Å²) in [4.78, 5) is 0. The Balaban J connectivity index is 1.96. The summed E-state index contributed by atoms with van der Waals surface area (Å²) in [6.07, 6.45) is 0. The summed E-state index contributed by atoms with van der Waals surface area (Å²) in [5.74, 6) is 0.557. The van der Waals surface area contributed by atoms with Crippen LogP contribution in [0.15, 0.2) is 42.5 Å². The van der Waals surface area contributed by atoms with Crippen molar-refractivity contribution >= 4 is 33.2 Å². The highest BCUT2D eigenvalue weighted by Crippen LogP contribution is 2.33. The van der Waals surface area contributed by atoms with Crippen LogP contribution < -0.4 is 13.8 Å². The molecular weight excluding hydrogens is 324 g/mol. The number of hydrogen-bond donors (Lipinski definition) is 1.